The van der Waals surface area contributed by atoms with Crippen molar-refractivity contribution < 1.29 is 17.9 Å². The second-order valence-electron chi connectivity index (χ2n) is 8.53. The Bertz CT molecular complexity index is 1390. The van der Waals surface area contributed by atoms with Gasteiger partial charge in [-0.05, 0) is 48.0 Å². The molecule has 35 heavy (non-hydrogen) atoms. The minimum absolute atomic E-state index is 0.150. The summed E-state index contributed by atoms with van der Waals surface area (Å²) in [7, 11) is -3.70. The van der Waals surface area contributed by atoms with Crippen molar-refractivity contribution in [2.45, 2.75) is 16.9 Å². The van der Waals surface area contributed by atoms with Crippen molar-refractivity contribution in [1.82, 2.24) is 4.31 Å². The first-order valence-electron chi connectivity index (χ1n) is 11.1. The van der Waals surface area contributed by atoms with Crippen molar-refractivity contribution in [3.05, 3.63) is 87.9 Å². The van der Waals surface area contributed by atoms with E-state index >= 15 is 0 Å². The van der Waals surface area contributed by atoms with E-state index in [9.17, 15) is 13.2 Å². The number of anilines is 2. The summed E-state index contributed by atoms with van der Waals surface area (Å²) in [6.45, 7) is 1.32. The van der Waals surface area contributed by atoms with Gasteiger partial charge in [-0.15, -0.1) is 0 Å². The van der Waals surface area contributed by atoms with Crippen LogP contribution in [0.3, 0.4) is 0 Å². The molecule has 0 aliphatic carbocycles. The molecule has 2 N–H and O–H groups in total. The summed E-state index contributed by atoms with van der Waals surface area (Å²) >= 11 is 12.4. The van der Waals surface area contributed by atoms with Crippen LogP contribution in [0.25, 0.3) is 0 Å². The largest absolute Gasteiger partial charge is 0.379 e. The zero-order valence-electron chi connectivity index (χ0n) is 18.6. The maximum atomic E-state index is 13.5. The lowest BCUT2D eigenvalue weighted by Crippen LogP contribution is -2.44. The van der Waals surface area contributed by atoms with Crippen LogP contribution in [0.15, 0.2) is 71.6 Å². The molecule has 1 atom stereocenters. The molecule has 0 aromatic heterocycles. The van der Waals surface area contributed by atoms with Gasteiger partial charge in [-0.2, -0.15) is 4.31 Å². The van der Waals surface area contributed by atoms with Gasteiger partial charge in [-0.1, -0.05) is 47.5 Å². The number of nitrogens with zero attached hydrogens (tertiary/aromatic N) is 1. The quantitative estimate of drug-likeness (QED) is 0.488. The molecule has 0 bridgehead atoms. The molecule has 2 aliphatic rings. The fourth-order valence-corrected chi connectivity index (χ4v) is 6.40. The molecule has 5 rings (SSSR count). The van der Waals surface area contributed by atoms with Crippen molar-refractivity contribution in [2.75, 3.05) is 36.9 Å². The number of morpholine rings is 1. The number of amides is 1. The number of nitrogens with one attached hydrogen (secondary N) is 2. The van der Waals surface area contributed by atoms with Gasteiger partial charge < -0.3 is 15.4 Å². The van der Waals surface area contributed by atoms with E-state index < -0.39 is 15.6 Å². The number of carbonyl (C=O) groups excluding carboxylic acids is 1. The summed E-state index contributed by atoms with van der Waals surface area (Å²) in [6.07, 6.45) is 0.286. The minimum atomic E-state index is -3.70. The zero-order chi connectivity index (χ0) is 24.6. The predicted octanol–water partition coefficient (Wildman–Crippen LogP) is 4.52. The maximum Gasteiger partial charge on any atom is 0.255 e. The highest BCUT2D eigenvalue weighted by Crippen LogP contribution is 2.42. The Kier molecular flexibility index (Phi) is 6.50. The molecular weight excluding hydrogens is 509 g/mol. The first kappa shape index (κ1) is 24.1. The fraction of sp³-hybridized carbons (Fsp3) is 0.240. The van der Waals surface area contributed by atoms with Gasteiger partial charge in [-0.25, -0.2) is 8.42 Å². The van der Waals surface area contributed by atoms with Crippen LogP contribution in [0.4, 0.5) is 11.4 Å². The summed E-state index contributed by atoms with van der Waals surface area (Å²) < 4.78 is 33.1. The number of benzene rings is 3. The van der Waals surface area contributed by atoms with E-state index in [1.807, 2.05) is 18.2 Å². The third kappa shape index (κ3) is 4.64. The number of hydrogen-bond acceptors (Lipinski definition) is 5. The van der Waals surface area contributed by atoms with Crippen LogP contribution >= 0.6 is 23.2 Å². The van der Waals surface area contributed by atoms with Crippen LogP contribution in [-0.4, -0.2) is 44.9 Å². The number of fused-ring (bicyclic) bond motifs is 1. The van der Waals surface area contributed by atoms with Crippen LogP contribution in [0.5, 0.6) is 0 Å². The van der Waals surface area contributed by atoms with Gasteiger partial charge in [0.05, 0.1) is 18.1 Å². The van der Waals surface area contributed by atoms with Gasteiger partial charge in [0.15, 0.2) is 0 Å². The summed E-state index contributed by atoms with van der Waals surface area (Å²) in [5.74, 6) is -0.267. The molecule has 182 valence electrons. The van der Waals surface area contributed by atoms with E-state index in [1.54, 1.807) is 48.5 Å². The predicted molar refractivity (Wildman–Crippen MR) is 137 cm³/mol. The lowest BCUT2D eigenvalue weighted by atomic mass is 9.84. The Labute approximate surface area is 214 Å². The topological polar surface area (TPSA) is 87.7 Å². The monoisotopic (exact) mass is 531 g/mol. The van der Waals surface area contributed by atoms with Crippen molar-refractivity contribution in [3.63, 3.8) is 0 Å². The van der Waals surface area contributed by atoms with Crippen molar-refractivity contribution in [2.24, 2.45) is 0 Å². The van der Waals surface area contributed by atoms with Gasteiger partial charge in [0.2, 0.25) is 10.0 Å². The van der Waals surface area contributed by atoms with E-state index in [0.717, 1.165) is 5.56 Å². The Balaban J connectivity index is 1.56. The molecule has 3 aromatic carbocycles. The van der Waals surface area contributed by atoms with Crippen molar-refractivity contribution in [3.8, 4) is 0 Å². The number of hydrogen-bond donors (Lipinski definition) is 2. The van der Waals surface area contributed by atoms with Gasteiger partial charge in [-0.3, -0.25) is 4.79 Å². The highest BCUT2D eigenvalue weighted by molar-refractivity contribution is 7.89. The molecule has 1 unspecified atom stereocenters. The number of sulfonamides is 1. The number of halogens is 2. The summed E-state index contributed by atoms with van der Waals surface area (Å²) in [6, 6.07) is 19.1. The molecule has 1 saturated heterocycles. The van der Waals surface area contributed by atoms with E-state index in [-0.39, 0.29) is 17.2 Å². The highest BCUT2D eigenvalue weighted by atomic mass is 35.5. The average Bonchev–Trinajstić information content (AvgIpc) is 3.09. The number of ether oxygens (including phenoxy) is 1. The first-order valence-corrected chi connectivity index (χ1v) is 13.3. The first-order chi connectivity index (χ1) is 16.8. The van der Waals surface area contributed by atoms with Crippen LogP contribution in [-0.2, 0) is 31.5 Å². The molecule has 10 heteroatoms. The Morgan fingerprint density at radius 1 is 0.971 bits per heavy atom. The highest BCUT2D eigenvalue weighted by Gasteiger charge is 2.47. The third-order valence-corrected chi connectivity index (χ3v) is 8.60. The summed E-state index contributed by atoms with van der Waals surface area (Å²) in [4.78, 5) is 13.6. The van der Waals surface area contributed by atoms with Crippen LogP contribution in [0.1, 0.15) is 11.1 Å². The van der Waals surface area contributed by atoms with Crippen molar-refractivity contribution in [1.29, 1.82) is 0 Å². The molecular formula is C25H23Cl2N3O4S. The Hall–Kier alpha value is -2.62. The van der Waals surface area contributed by atoms with E-state index in [1.165, 1.54) is 4.31 Å². The van der Waals surface area contributed by atoms with E-state index in [2.05, 4.69) is 10.6 Å². The van der Waals surface area contributed by atoms with Crippen LogP contribution < -0.4 is 10.6 Å². The normalized spacial score (nSPS) is 20.3. The molecule has 0 radical (unpaired) electrons. The zero-order valence-corrected chi connectivity index (χ0v) is 21.0. The second kappa shape index (κ2) is 9.44. The molecule has 1 fully saturated rings. The lowest BCUT2D eigenvalue weighted by molar-refractivity contribution is -0.119. The van der Waals surface area contributed by atoms with Crippen LogP contribution in [0.2, 0.25) is 10.0 Å². The van der Waals surface area contributed by atoms with Gasteiger partial charge in [0.25, 0.3) is 5.91 Å². The van der Waals surface area contributed by atoms with Gasteiger partial charge >= 0.3 is 0 Å². The molecule has 1 amide bonds. The Morgan fingerprint density at radius 2 is 1.71 bits per heavy atom. The molecule has 7 nitrogen and oxygen atoms in total. The lowest BCUT2D eigenvalue weighted by Gasteiger charge is -2.31. The standard InChI is InChI=1S/C25H23Cl2N3O4S/c26-18-4-1-3-17(13-18)16-25(22-8-7-19(27)14-23(22)28-24(25)31)29-20-5-2-6-21(15-20)35(32,33)30-9-11-34-12-10-30/h1-8,13-15,29H,9-12,16H2,(H,28,31). The van der Waals surface area contributed by atoms with Gasteiger partial charge in [0.1, 0.15) is 5.54 Å². The minimum Gasteiger partial charge on any atom is -0.379 e. The summed E-state index contributed by atoms with van der Waals surface area (Å²) in [5.41, 5.74) is 1.47. The number of rotatable bonds is 6. The van der Waals surface area contributed by atoms with Crippen LogP contribution in [0, 0.1) is 0 Å². The van der Waals surface area contributed by atoms with Gasteiger partial charge in [0, 0.05) is 46.5 Å². The van der Waals surface area contributed by atoms with E-state index in [4.69, 9.17) is 27.9 Å². The molecule has 3 aromatic rings. The second-order valence-corrected chi connectivity index (χ2v) is 11.3. The molecule has 2 aliphatic heterocycles. The smallest absolute Gasteiger partial charge is 0.255 e. The number of carbonyl (C=O) groups is 1. The average molecular weight is 532 g/mol. The SMILES string of the molecule is O=C1Nc2cc(Cl)ccc2C1(Cc1cccc(Cl)c1)Nc1cccc(S(=O)(=O)N2CCOCC2)c1. The molecule has 2 heterocycles. The Morgan fingerprint density at radius 3 is 2.49 bits per heavy atom. The maximum absolute atomic E-state index is 13.5. The fourth-order valence-electron chi connectivity index (χ4n) is 4.56. The van der Waals surface area contributed by atoms with Crippen molar-refractivity contribution >= 4 is 50.5 Å². The third-order valence-electron chi connectivity index (χ3n) is 6.24. The van der Waals surface area contributed by atoms with E-state index in [0.29, 0.717) is 53.3 Å². The summed E-state index contributed by atoms with van der Waals surface area (Å²) in [5, 5.41) is 7.34. The molecule has 0 saturated carbocycles. The molecule has 0 spiro atoms.